The maximum atomic E-state index is 10.3. The zero-order valence-electron chi connectivity index (χ0n) is 14.0. The van der Waals surface area contributed by atoms with E-state index in [4.69, 9.17) is 10.5 Å². The van der Waals surface area contributed by atoms with Gasteiger partial charge in [-0.25, -0.2) is 9.97 Å². The van der Waals surface area contributed by atoms with Gasteiger partial charge in [0.05, 0.1) is 6.20 Å². The molecule has 0 unspecified atom stereocenters. The summed E-state index contributed by atoms with van der Waals surface area (Å²) in [6.45, 7) is 0. The van der Waals surface area contributed by atoms with Crippen molar-refractivity contribution in [2.24, 2.45) is 0 Å². The molecule has 3 aromatic rings. The molecule has 0 saturated carbocycles. The number of anilines is 1. The van der Waals surface area contributed by atoms with Gasteiger partial charge in [-0.2, -0.15) is 0 Å². The Bertz CT molecular complexity index is 724. The minimum absolute atomic E-state index is 0. The van der Waals surface area contributed by atoms with Gasteiger partial charge in [0, 0.05) is 0 Å². The van der Waals surface area contributed by atoms with E-state index < -0.39 is 0 Å². The fraction of sp³-hybridized carbons (Fsp3) is 0. The summed E-state index contributed by atoms with van der Waals surface area (Å²) in [5, 5.41) is 10.3. The molecule has 0 aliphatic carbocycles. The standard InChI is InChI=1S/C10H8BrN3O.C6H6O.Na.3H2O/c11-8-6-13-9(12)10(14-8)15-7-4-2-1-3-5-7;7-6-4-2-1-3-5-6;;;;/h1-6H,(H2,12,13);1-5,7H;;3*1H2/q;;+1;;;/p-1. The molecule has 8 nitrogen and oxygen atoms in total. The van der Waals surface area contributed by atoms with Crippen molar-refractivity contribution in [2.75, 3.05) is 5.73 Å². The van der Waals surface area contributed by atoms with E-state index in [9.17, 15) is 5.11 Å². The Morgan fingerprint density at radius 1 is 0.885 bits per heavy atom. The smallest absolute Gasteiger partial charge is 0.872 e. The molecule has 1 heterocycles. The fourth-order valence-corrected chi connectivity index (χ4v) is 1.72. The topological polar surface area (TPSA) is 179 Å². The number of ether oxygens (including phenoxy) is 1. The largest absolute Gasteiger partial charge is 1.00 e. The fourth-order valence-electron chi connectivity index (χ4n) is 1.46. The van der Waals surface area contributed by atoms with Crippen LogP contribution in [0.3, 0.4) is 0 Å². The van der Waals surface area contributed by atoms with Crippen LogP contribution in [0.25, 0.3) is 0 Å². The van der Waals surface area contributed by atoms with Crippen LogP contribution in [0.4, 0.5) is 5.82 Å². The Labute approximate surface area is 181 Å². The van der Waals surface area contributed by atoms with Crippen LogP contribution in [0.1, 0.15) is 0 Å². The zero-order valence-corrected chi connectivity index (χ0v) is 17.6. The SMILES string of the molecule is Nc1ncc(Br)nc1Oc1ccccc1.O.O.O.[Na+].[O-]c1ccccc1. The Morgan fingerprint density at radius 3 is 1.85 bits per heavy atom. The van der Waals surface area contributed by atoms with E-state index in [2.05, 4.69) is 25.9 Å². The molecule has 2 aromatic carbocycles. The summed E-state index contributed by atoms with van der Waals surface area (Å²) < 4.78 is 6.05. The van der Waals surface area contributed by atoms with Crippen LogP contribution >= 0.6 is 15.9 Å². The molecular weight excluding hydrogens is 417 g/mol. The average molecular weight is 436 g/mol. The molecule has 10 heteroatoms. The molecule has 0 aliphatic rings. The molecule has 0 spiro atoms. The van der Waals surface area contributed by atoms with Gasteiger partial charge in [0.25, 0.3) is 5.88 Å². The number of aromatic nitrogens is 2. The first-order chi connectivity index (χ1) is 10.6. The van der Waals surface area contributed by atoms with Gasteiger partial charge in [0.15, 0.2) is 5.82 Å². The van der Waals surface area contributed by atoms with Crippen molar-refractivity contribution < 1.29 is 55.8 Å². The van der Waals surface area contributed by atoms with Crippen LogP contribution in [-0.2, 0) is 0 Å². The second-order valence-corrected chi connectivity index (χ2v) is 4.92. The molecular formula is C16H19BrN3NaO5. The Kier molecular flexibility index (Phi) is 17.4. The van der Waals surface area contributed by atoms with Crippen LogP contribution in [-0.4, -0.2) is 26.4 Å². The molecule has 3 rings (SSSR count). The number of hydrogen-bond donors (Lipinski definition) is 1. The Balaban J connectivity index is -0.000000419. The summed E-state index contributed by atoms with van der Waals surface area (Å²) in [5.41, 5.74) is 5.62. The van der Waals surface area contributed by atoms with Crippen molar-refractivity contribution in [3.8, 4) is 17.4 Å². The van der Waals surface area contributed by atoms with E-state index >= 15 is 0 Å². The van der Waals surface area contributed by atoms with Crippen molar-refractivity contribution in [2.45, 2.75) is 0 Å². The quantitative estimate of drug-likeness (QED) is 0.452. The molecule has 0 amide bonds. The van der Waals surface area contributed by atoms with Gasteiger partial charge in [-0.05, 0) is 28.1 Å². The first kappa shape index (κ1) is 29.1. The normalized spacial score (nSPS) is 8.04. The molecule has 136 valence electrons. The maximum absolute atomic E-state index is 10.3. The van der Waals surface area contributed by atoms with Gasteiger partial charge >= 0.3 is 29.6 Å². The van der Waals surface area contributed by atoms with Crippen LogP contribution in [0.2, 0.25) is 0 Å². The first-order valence-electron chi connectivity index (χ1n) is 6.38. The monoisotopic (exact) mass is 435 g/mol. The van der Waals surface area contributed by atoms with Crippen molar-refractivity contribution in [1.29, 1.82) is 0 Å². The Hall–Kier alpha value is -1.72. The molecule has 8 N–H and O–H groups in total. The van der Waals surface area contributed by atoms with Crippen LogP contribution < -0.4 is 45.1 Å². The van der Waals surface area contributed by atoms with Crippen LogP contribution in [0, 0.1) is 0 Å². The average Bonchev–Trinajstić information content (AvgIpc) is 2.53. The summed E-state index contributed by atoms with van der Waals surface area (Å²) in [6, 6.07) is 17.6. The van der Waals surface area contributed by atoms with E-state index in [1.54, 1.807) is 12.1 Å². The molecule has 0 aliphatic heterocycles. The van der Waals surface area contributed by atoms with Crippen LogP contribution in [0.15, 0.2) is 71.5 Å². The van der Waals surface area contributed by atoms with Crippen LogP contribution in [0.5, 0.6) is 17.4 Å². The van der Waals surface area contributed by atoms with Gasteiger partial charge in [-0.3, -0.25) is 0 Å². The number of nitrogen functional groups attached to an aromatic ring is 1. The second-order valence-electron chi connectivity index (χ2n) is 4.11. The third kappa shape index (κ3) is 10.3. The number of halogens is 1. The van der Waals surface area contributed by atoms with Crippen molar-refractivity contribution in [1.82, 2.24) is 9.97 Å². The molecule has 1 aromatic heterocycles. The van der Waals surface area contributed by atoms with Gasteiger partial charge < -0.3 is 32.0 Å². The number of benzene rings is 2. The number of nitrogens with two attached hydrogens (primary N) is 1. The minimum Gasteiger partial charge on any atom is -0.872 e. The summed E-state index contributed by atoms with van der Waals surface area (Å²) in [6.07, 6.45) is 1.52. The van der Waals surface area contributed by atoms with Gasteiger partial charge in [0.2, 0.25) is 0 Å². The number of para-hydroxylation sites is 2. The number of hydrogen-bond acceptors (Lipinski definition) is 5. The van der Waals surface area contributed by atoms with E-state index in [0.29, 0.717) is 16.2 Å². The maximum Gasteiger partial charge on any atom is 1.00 e. The number of nitrogens with zero attached hydrogens (tertiary/aromatic N) is 2. The van der Waals surface area contributed by atoms with E-state index in [1.807, 2.05) is 36.4 Å². The molecule has 0 fully saturated rings. The second kappa shape index (κ2) is 15.5. The van der Waals surface area contributed by atoms with Crippen molar-refractivity contribution in [3.63, 3.8) is 0 Å². The van der Waals surface area contributed by atoms with E-state index in [1.165, 1.54) is 18.3 Å². The van der Waals surface area contributed by atoms with Gasteiger partial charge in [0.1, 0.15) is 10.4 Å². The third-order valence-corrected chi connectivity index (χ3v) is 2.82. The minimum atomic E-state index is 0. The third-order valence-electron chi connectivity index (χ3n) is 2.44. The van der Waals surface area contributed by atoms with Gasteiger partial charge in [-0.15, -0.1) is 5.75 Å². The summed E-state index contributed by atoms with van der Waals surface area (Å²) in [5.74, 6) is 1.32. The summed E-state index contributed by atoms with van der Waals surface area (Å²) >= 11 is 3.20. The van der Waals surface area contributed by atoms with E-state index in [-0.39, 0.29) is 57.6 Å². The zero-order chi connectivity index (χ0) is 15.8. The molecule has 0 radical (unpaired) electrons. The molecule has 0 atom stereocenters. The van der Waals surface area contributed by atoms with Crippen molar-refractivity contribution >= 4 is 21.7 Å². The van der Waals surface area contributed by atoms with Gasteiger partial charge in [-0.1, -0.05) is 48.5 Å². The summed E-state index contributed by atoms with van der Waals surface area (Å²) in [7, 11) is 0. The first-order valence-corrected chi connectivity index (χ1v) is 7.17. The Morgan fingerprint density at radius 2 is 1.38 bits per heavy atom. The summed E-state index contributed by atoms with van der Waals surface area (Å²) in [4.78, 5) is 7.99. The molecule has 0 saturated heterocycles. The molecule has 26 heavy (non-hydrogen) atoms. The van der Waals surface area contributed by atoms with E-state index in [0.717, 1.165) is 0 Å². The number of rotatable bonds is 2. The predicted octanol–water partition coefficient (Wildman–Crippen LogP) is -2.10. The predicted molar refractivity (Wildman–Crippen MR) is 97.4 cm³/mol. The van der Waals surface area contributed by atoms with Crippen molar-refractivity contribution in [3.05, 3.63) is 71.5 Å². The molecule has 0 bridgehead atoms.